The summed E-state index contributed by atoms with van der Waals surface area (Å²) in [4.78, 5) is 24.6. The molecule has 1 aromatic rings. The minimum absolute atomic E-state index is 0.108. The molecule has 1 unspecified atom stereocenters. The minimum atomic E-state index is -0.655. The van der Waals surface area contributed by atoms with Crippen LogP contribution in [0.2, 0.25) is 0 Å². The van der Waals surface area contributed by atoms with Gasteiger partial charge in [-0.3, -0.25) is 10.1 Å². The molecule has 0 aliphatic rings. The van der Waals surface area contributed by atoms with Crippen LogP contribution in [-0.2, 0) is 11.3 Å². The molecule has 1 rings (SSSR count). The van der Waals surface area contributed by atoms with E-state index in [1.807, 2.05) is 0 Å². The minimum Gasteiger partial charge on any atom is -0.444 e. The summed E-state index contributed by atoms with van der Waals surface area (Å²) < 4.78 is 5.32. The van der Waals surface area contributed by atoms with E-state index in [4.69, 9.17) is 4.74 Å². The van der Waals surface area contributed by atoms with Crippen molar-refractivity contribution >= 4 is 22.4 Å². The van der Waals surface area contributed by atoms with Crippen molar-refractivity contribution in [3.8, 4) is 0 Å². The maximum absolute atomic E-state index is 12.1. The Kier molecular flexibility index (Phi) is 7.59. The average Bonchev–Trinajstić information content (AvgIpc) is 2.88. The Balaban J connectivity index is 2.46. The second-order valence-corrected chi connectivity index (χ2v) is 7.60. The molecule has 0 radical (unpaired) electrons. The summed E-state index contributed by atoms with van der Waals surface area (Å²) in [5.41, 5.74) is -0.600. The zero-order valence-corrected chi connectivity index (χ0v) is 15.3. The van der Waals surface area contributed by atoms with Gasteiger partial charge in [0.2, 0.25) is 0 Å². The third-order valence-corrected chi connectivity index (χ3v) is 3.86. The summed E-state index contributed by atoms with van der Waals surface area (Å²) in [7, 11) is 0. The molecule has 9 heteroatoms. The first-order chi connectivity index (χ1) is 11.1. The van der Waals surface area contributed by atoms with Gasteiger partial charge in [-0.05, 0) is 33.8 Å². The predicted octanol–water partition coefficient (Wildman–Crippen LogP) is 2.36. The van der Waals surface area contributed by atoms with E-state index in [2.05, 4.69) is 5.32 Å². The first kappa shape index (κ1) is 20.3. The topological polar surface area (TPSA) is 105 Å². The van der Waals surface area contributed by atoms with Crippen LogP contribution < -0.4 is 5.32 Å². The Hall–Kier alpha value is -1.71. The normalized spacial score (nSPS) is 12.7. The number of hydrogen-bond donors (Lipinski definition) is 2. The van der Waals surface area contributed by atoms with E-state index in [1.54, 1.807) is 33.8 Å². The van der Waals surface area contributed by atoms with E-state index in [0.29, 0.717) is 19.6 Å². The monoisotopic (exact) mass is 359 g/mol. The van der Waals surface area contributed by atoms with Crippen molar-refractivity contribution in [1.82, 2.24) is 10.2 Å². The highest BCUT2D eigenvalue weighted by Gasteiger charge is 2.22. The van der Waals surface area contributed by atoms with E-state index in [1.165, 1.54) is 11.0 Å². The summed E-state index contributed by atoms with van der Waals surface area (Å²) in [5, 5.41) is 23.4. The van der Waals surface area contributed by atoms with Crippen molar-refractivity contribution in [3.63, 3.8) is 0 Å². The van der Waals surface area contributed by atoms with Crippen LogP contribution in [0.1, 0.15) is 32.6 Å². The van der Waals surface area contributed by atoms with Crippen molar-refractivity contribution in [3.05, 3.63) is 27.1 Å². The fourth-order valence-corrected chi connectivity index (χ4v) is 2.68. The van der Waals surface area contributed by atoms with E-state index < -0.39 is 22.7 Å². The summed E-state index contributed by atoms with van der Waals surface area (Å²) in [5.74, 6) is 0. The fraction of sp³-hybridized carbons (Fsp3) is 0.667. The number of aliphatic hydroxyl groups excluding tert-OH is 1. The third-order valence-electron chi connectivity index (χ3n) is 2.82. The number of carbonyl (C=O) groups excluding carboxylic acids is 1. The molecule has 1 heterocycles. The van der Waals surface area contributed by atoms with Crippen molar-refractivity contribution < 1.29 is 19.6 Å². The van der Waals surface area contributed by atoms with Gasteiger partial charge in [-0.2, -0.15) is 0 Å². The number of nitro groups is 1. The lowest BCUT2D eigenvalue weighted by Crippen LogP contribution is -2.43. The molecule has 1 atom stereocenters. The SMILES string of the molecule is CC(O)CN(CCNCc1ccc([N+](=O)[O-])s1)C(=O)OC(C)(C)C. The van der Waals surface area contributed by atoms with Gasteiger partial charge in [0.25, 0.3) is 0 Å². The molecule has 24 heavy (non-hydrogen) atoms. The summed E-state index contributed by atoms with van der Waals surface area (Å²) in [6.45, 7) is 8.48. The van der Waals surface area contributed by atoms with Crippen molar-refractivity contribution in [2.75, 3.05) is 19.6 Å². The van der Waals surface area contributed by atoms with Gasteiger partial charge in [0.15, 0.2) is 0 Å². The molecule has 0 saturated heterocycles. The molecule has 1 aromatic heterocycles. The fourth-order valence-electron chi connectivity index (χ4n) is 1.89. The molecule has 0 saturated carbocycles. The summed E-state index contributed by atoms with van der Waals surface area (Å²) >= 11 is 1.12. The summed E-state index contributed by atoms with van der Waals surface area (Å²) in [6, 6.07) is 3.18. The highest BCUT2D eigenvalue weighted by molar-refractivity contribution is 7.15. The van der Waals surface area contributed by atoms with Gasteiger partial charge < -0.3 is 20.1 Å². The van der Waals surface area contributed by atoms with Crippen LogP contribution in [0.15, 0.2) is 12.1 Å². The standard InChI is InChI=1S/C15H25N3O5S/c1-11(19)10-17(14(20)23-15(2,3)4)8-7-16-9-12-5-6-13(24-12)18(21)22/h5-6,11,16,19H,7-10H2,1-4H3. The van der Waals surface area contributed by atoms with E-state index in [0.717, 1.165) is 16.2 Å². The number of ether oxygens (including phenoxy) is 1. The first-order valence-corrected chi connectivity index (χ1v) is 8.50. The van der Waals surface area contributed by atoms with Crippen molar-refractivity contribution in [1.29, 1.82) is 0 Å². The molecule has 0 aromatic carbocycles. The molecule has 0 spiro atoms. The zero-order chi connectivity index (χ0) is 18.3. The molecule has 136 valence electrons. The maximum atomic E-state index is 12.1. The number of carbonyl (C=O) groups is 1. The van der Waals surface area contributed by atoms with Crippen LogP contribution >= 0.6 is 11.3 Å². The molecule has 1 amide bonds. The Bertz CT molecular complexity index is 554. The molecular formula is C15H25N3O5S. The van der Waals surface area contributed by atoms with Gasteiger partial charge in [-0.25, -0.2) is 4.79 Å². The molecule has 2 N–H and O–H groups in total. The van der Waals surface area contributed by atoms with Gasteiger partial charge in [0.05, 0.1) is 11.0 Å². The van der Waals surface area contributed by atoms with Gasteiger partial charge in [0.1, 0.15) is 5.60 Å². The van der Waals surface area contributed by atoms with E-state index in [9.17, 15) is 20.0 Å². The average molecular weight is 359 g/mol. The van der Waals surface area contributed by atoms with Crippen molar-refractivity contribution in [2.45, 2.75) is 45.9 Å². The number of thiophene rings is 1. The highest BCUT2D eigenvalue weighted by Crippen LogP contribution is 2.23. The maximum Gasteiger partial charge on any atom is 0.410 e. The van der Waals surface area contributed by atoms with Crippen LogP contribution in [-0.4, -0.2) is 52.4 Å². The number of hydrogen-bond acceptors (Lipinski definition) is 7. The van der Waals surface area contributed by atoms with Crippen LogP contribution in [0.3, 0.4) is 0 Å². The molecule has 0 fully saturated rings. The van der Waals surface area contributed by atoms with Crippen LogP contribution in [0.5, 0.6) is 0 Å². The zero-order valence-electron chi connectivity index (χ0n) is 14.4. The molecular weight excluding hydrogens is 334 g/mol. The lowest BCUT2D eigenvalue weighted by molar-refractivity contribution is -0.380. The third kappa shape index (κ3) is 7.71. The lowest BCUT2D eigenvalue weighted by atomic mass is 10.2. The number of rotatable bonds is 8. The molecule has 0 aliphatic heterocycles. The quantitative estimate of drug-likeness (QED) is 0.419. The predicted molar refractivity (Wildman–Crippen MR) is 92.2 cm³/mol. The van der Waals surface area contributed by atoms with Crippen LogP contribution in [0, 0.1) is 10.1 Å². The summed E-state index contributed by atoms with van der Waals surface area (Å²) in [6.07, 6.45) is -1.13. The second kappa shape index (κ2) is 8.95. The van der Waals surface area contributed by atoms with Gasteiger partial charge in [-0.1, -0.05) is 11.3 Å². The first-order valence-electron chi connectivity index (χ1n) is 7.68. The number of nitrogens with one attached hydrogen (secondary N) is 1. The van der Waals surface area contributed by atoms with Crippen LogP contribution in [0.25, 0.3) is 0 Å². The van der Waals surface area contributed by atoms with Gasteiger partial charge >= 0.3 is 11.1 Å². The largest absolute Gasteiger partial charge is 0.444 e. The van der Waals surface area contributed by atoms with E-state index >= 15 is 0 Å². The molecule has 0 aliphatic carbocycles. The van der Waals surface area contributed by atoms with Gasteiger partial charge in [0, 0.05) is 37.1 Å². The van der Waals surface area contributed by atoms with Crippen molar-refractivity contribution in [2.24, 2.45) is 0 Å². The number of amides is 1. The smallest absolute Gasteiger partial charge is 0.410 e. The Morgan fingerprint density at radius 1 is 1.50 bits per heavy atom. The molecule has 0 bridgehead atoms. The van der Waals surface area contributed by atoms with E-state index in [-0.39, 0.29) is 11.5 Å². The Morgan fingerprint density at radius 3 is 2.67 bits per heavy atom. The highest BCUT2D eigenvalue weighted by atomic mass is 32.1. The molecule has 8 nitrogen and oxygen atoms in total. The Labute approximate surface area is 145 Å². The van der Waals surface area contributed by atoms with Crippen LogP contribution in [0.4, 0.5) is 9.80 Å². The number of nitrogens with zero attached hydrogens (tertiary/aromatic N) is 2. The number of aliphatic hydroxyl groups is 1. The lowest BCUT2D eigenvalue weighted by Gasteiger charge is -2.28. The second-order valence-electron chi connectivity index (χ2n) is 6.45. The van der Waals surface area contributed by atoms with Gasteiger partial charge in [-0.15, -0.1) is 0 Å². The Morgan fingerprint density at radius 2 is 2.17 bits per heavy atom.